The standard InChI is InChI=1S/C21H20N4O3S/c1-2-17(14-6-4-3-5-7-14)21(26)22-20-18-12-29-13-19(18)23-24(20)15-8-10-16(11-9-15)25(27)28/h3-11,17H,2,12-13H2,1H3,(H,22,26)/t17-/m0/s1. The first kappa shape index (κ1) is 19.2. The molecule has 148 valence electrons. The average Bonchev–Trinajstić information content (AvgIpc) is 3.32. The second-order valence-corrected chi connectivity index (χ2v) is 7.80. The van der Waals surface area contributed by atoms with Gasteiger partial charge < -0.3 is 5.32 Å². The van der Waals surface area contributed by atoms with Crippen LogP contribution in [0, 0.1) is 10.1 Å². The van der Waals surface area contributed by atoms with E-state index < -0.39 is 4.92 Å². The number of carbonyl (C=O) groups is 1. The molecule has 7 nitrogen and oxygen atoms in total. The Bertz CT molecular complexity index is 1050. The lowest BCUT2D eigenvalue weighted by molar-refractivity contribution is -0.384. The minimum absolute atomic E-state index is 0.0183. The number of benzene rings is 2. The van der Waals surface area contributed by atoms with Crippen molar-refractivity contribution in [3.05, 3.63) is 81.5 Å². The van der Waals surface area contributed by atoms with Gasteiger partial charge in [0, 0.05) is 29.2 Å². The fourth-order valence-electron chi connectivity index (χ4n) is 3.51. The summed E-state index contributed by atoms with van der Waals surface area (Å²) in [7, 11) is 0. The molecule has 1 amide bonds. The number of fused-ring (bicyclic) bond motifs is 1. The monoisotopic (exact) mass is 408 g/mol. The number of nitrogens with one attached hydrogen (secondary N) is 1. The zero-order valence-corrected chi connectivity index (χ0v) is 16.7. The predicted octanol–water partition coefficient (Wildman–Crippen LogP) is 4.66. The van der Waals surface area contributed by atoms with Crippen LogP contribution in [-0.2, 0) is 16.3 Å². The molecule has 4 rings (SSSR count). The van der Waals surface area contributed by atoms with Gasteiger partial charge in [0.2, 0.25) is 5.91 Å². The molecular weight excluding hydrogens is 388 g/mol. The van der Waals surface area contributed by atoms with Gasteiger partial charge in [0.15, 0.2) is 0 Å². The molecule has 1 aliphatic rings. The molecule has 1 atom stereocenters. The van der Waals surface area contributed by atoms with Crippen LogP contribution >= 0.6 is 11.8 Å². The van der Waals surface area contributed by atoms with Gasteiger partial charge in [0.05, 0.1) is 22.2 Å². The zero-order valence-electron chi connectivity index (χ0n) is 15.9. The molecule has 2 aromatic carbocycles. The van der Waals surface area contributed by atoms with Gasteiger partial charge in [0.25, 0.3) is 5.69 Å². The first-order valence-corrected chi connectivity index (χ1v) is 10.5. The smallest absolute Gasteiger partial charge is 0.269 e. The molecule has 1 aliphatic heterocycles. The third-order valence-corrected chi connectivity index (χ3v) is 6.00. The van der Waals surface area contributed by atoms with Gasteiger partial charge in [-0.05, 0) is 24.1 Å². The normalized spacial score (nSPS) is 13.7. The van der Waals surface area contributed by atoms with Crippen LogP contribution in [0.25, 0.3) is 5.69 Å². The third-order valence-electron chi connectivity index (χ3n) is 5.03. The van der Waals surface area contributed by atoms with E-state index in [1.807, 2.05) is 37.3 Å². The van der Waals surface area contributed by atoms with Gasteiger partial charge in [-0.15, -0.1) is 0 Å². The summed E-state index contributed by atoms with van der Waals surface area (Å²) in [6.45, 7) is 1.99. The Balaban J connectivity index is 1.68. The van der Waals surface area contributed by atoms with Gasteiger partial charge >= 0.3 is 0 Å². The lowest BCUT2D eigenvalue weighted by atomic mass is 9.95. The van der Waals surface area contributed by atoms with Crippen LogP contribution in [0.2, 0.25) is 0 Å². The highest BCUT2D eigenvalue weighted by Crippen LogP contribution is 2.37. The van der Waals surface area contributed by atoms with Crippen molar-refractivity contribution in [2.45, 2.75) is 30.8 Å². The number of aromatic nitrogens is 2. The topological polar surface area (TPSA) is 90.1 Å². The molecule has 3 aromatic rings. The van der Waals surface area contributed by atoms with Gasteiger partial charge in [-0.25, -0.2) is 4.68 Å². The molecule has 8 heteroatoms. The van der Waals surface area contributed by atoms with Crippen molar-refractivity contribution in [2.75, 3.05) is 5.32 Å². The largest absolute Gasteiger partial charge is 0.310 e. The number of rotatable bonds is 6. The maximum atomic E-state index is 13.1. The molecule has 0 saturated heterocycles. The fourth-order valence-corrected chi connectivity index (χ4v) is 4.54. The zero-order chi connectivity index (χ0) is 20.4. The lowest BCUT2D eigenvalue weighted by Gasteiger charge is -2.17. The van der Waals surface area contributed by atoms with Gasteiger partial charge in [-0.3, -0.25) is 14.9 Å². The van der Waals surface area contributed by atoms with E-state index in [4.69, 9.17) is 0 Å². The fraction of sp³-hybridized carbons (Fsp3) is 0.238. The van der Waals surface area contributed by atoms with E-state index in [0.29, 0.717) is 17.9 Å². The van der Waals surface area contributed by atoms with Crippen LogP contribution in [0.1, 0.15) is 36.1 Å². The molecular formula is C21H20N4O3S. The Morgan fingerprint density at radius 2 is 1.93 bits per heavy atom. The Kier molecular flexibility index (Phi) is 5.35. The number of non-ortho nitro benzene ring substituents is 1. The van der Waals surface area contributed by atoms with Gasteiger partial charge in [0.1, 0.15) is 5.82 Å². The predicted molar refractivity (Wildman–Crippen MR) is 113 cm³/mol. The number of nitro groups is 1. The molecule has 0 fully saturated rings. The molecule has 29 heavy (non-hydrogen) atoms. The van der Waals surface area contributed by atoms with Crippen LogP contribution < -0.4 is 5.32 Å². The summed E-state index contributed by atoms with van der Waals surface area (Å²) < 4.78 is 1.68. The SMILES string of the molecule is CC[C@H](C(=O)Nc1c2c(nn1-c1ccc([N+](=O)[O-])cc1)CSC2)c1ccccc1. The van der Waals surface area contributed by atoms with Crippen molar-refractivity contribution in [2.24, 2.45) is 0 Å². The Morgan fingerprint density at radius 1 is 1.21 bits per heavy atom. The van der Waals surface area contributed by atoms with Crippen molar-refractivity contribution in [3.63, 3.8) is 0 Å². The summed E-state index contributed by atoms with van der Waals surface area (Å²) in [5.41, 5.74) is 3.63. The van der Waals surface area contributed by atoms with E-state index in [0.717, 1.165) is 28.3 Å². The van der Waals surface area contributed by atoms with Crippen LogP contribution in [0.5, 0.6) is 0 Å². The molecule has 0 bridgehead atoms. The van der Waals surface area contributed by atoms with Crippen LogP contribution in [-0.4, -0.2) is 20.6 Å². The molecule has 2 heterocycles. The first-order chi connectivity index (χ1) is 14.1. The molecule has 0 aliphatic carbocycles. The van der Waals surface area contributed by atoms with Crippen molar-refractivity contribution >= 4 is 29.2 Å². The van der Waals surface area contributed by atoms with Crippen LogP contribution in [0.3, 0.4) is 0 Å². The number of hydrogen-bond acceptors (Lipinski definition) is 5. The molecule has 0 radical (unpaired) electrons. The third kappa shape index (κ3) is 3.75. The van der Waals surface area contributed by atoms with E-state index in [9.17, 15) is 14.9 Å². The molecule has 1 N–H and O–H groups in total. The van der Waals surface area contributed by atoms with E-state index >= 15 is 0 Å². The first-order valence-electron chi connectivity index (χ1n) is 9.37. The van der Waals surface area contributed by atoms with Crippen molar-refractivity contribution in [1.82, 2.24) is 9.78 Å². The molecule has 1 aromatic heterocycles. The number of carbonyl (C=O) groups excluding carboxylic acids is 1. The van der Waals surface area contributed by atoms with Gasteiger partial charge in [-0.1, -0.05) is 37.3 Å². The van der Waals surface area contributed by atoms with Gasteiger partial charge in [-0.2, -0.15) is 16.9 Å². The van der Waals surface area contributed by atoms with E-state index in [1.165, 1.54) is 12.1 Å². The van der Waals surface area contributed by atoms with E-state index in [1.54, 1.807) is 28.6 Å². The summed E-state index contributed by atoms with van der Waals surface area (Å²) in [4.78, 5) is 23.6. The number of thioether (sulfide) groups is 1. The maximum absolute atomic E-state index is 13.1. The number of hydrogen-bond donors (Lipinski definition) is 1. The summed E-state index contributed by atoms with van der Waals surface area (Å²) in [5.74, 6) is 1.87. The Hall–Kier alpha value is -3.13. The lowest BCUT2D eigenvalue weighted by Crippen LogP contribution is -2.23. The summed E-state index contributed by atoms with van der Waals surface area (Å²) >= 11 is 1.76. The highest BCUT2D eigenvalue weighted by Gasteiger charge is 2.27. The highest BCUT2D eigenvalue weighted by atomic mass is 32.2. The Labute approximate surface area is 172 Å². The number of nitrogens with zero attached hydrogens (tertiary/aromatic N) is 3. The maximum Gasteiger partial charge on any atom is 0.269 e. The molecule has 0 unspecified atom stereocenters. The number of nitro benzene ring substituents is 1. The van der Waals surface area contributed by atoms with Crippen LogP contribution in [0.4, 0.5) is 11.5 Å². The van der Waals surface area contributed by atoms with E-state index in [2.05, 4.69) is 10.4 Å². The average molecular weight is 408 g/mol. The number of amides is 1. The van der Waals surface area contributed by atoms with Crippen molar-refractivity contribution < 1.29 is 9.72 Å². The second kappa shape index (κ2) is 8.08. The minimum atomic E-state index is -0.433. The minimum Gasteiger partial charge on any atom is -0.310 e. The van der Waals surface area contributed by atoms with Crippen LogP contribution in [0.15, 0.2) is 54.6 Å². The summed E-state index contributed by atoms with van der Waals surface area (Å²) in [6, 6.07) is 15.9. The quantitative estimate of drug-likeness (QED) is 0.473. The summed E-state index contributed by atoms with van der Waals surface area (Å²) in [5, 5.41) is 18.7. The highest BCUT2D eigenvalue weighted by molar-refractivity contribution is 7.98. The molecule has 0 spiro atoms. The second-order valence-electron chi connectivity index (χ2n) is 6.81. The summed E-state index contributed by atoms with van der Waals surface area (Å²) in [6.07, 6.45) is 0.679. The number of anilines is 1. The van der Waals surface area contributed by atoms with Crippen molar-refractivity contribution in [3.8, 4) is 5.69 Å². The van der Waals surface area contributed by atoms with Crippen molar-refractivity contribution in [1.29, 1.82) is 0 Å². The van der Waals surface area contributed by atoms with E-state index in [-0.39, 0.29) is 17.5 Å². The Morgan fingerprint density at radius 3 is 2.59 bits per heavy atom. The molecule has 0 saturated carbocycles.